The van der Waals surface area contributed by atoms with Crippen LogP contribution in [-0.4, -0.2) is 25.8 Å². The molecule has 0 spiro atoms. The van der Waals surface area contributed by atoms with Gasteiger partial charge in [0.15, 0.2) is 0 Å². The van der Waals surface area contributed by atoms with E-state index in [1.807, 2.05) is 55.5 Å². The van der Waals surface area contributed by atoms with Crippen molar-refractivity contribution >= 4 is 22.2 Å². The SMILES string of the molecule is Cc1ccc(S(=O)(=O)N2C/C(=C/c3ccccc3)C(C)(C/C=C/c3ccccc3)C2)cc1. The summed E-state index contributed by atoms with van der Waals surface area (Å²) in [7, 11) is -3.56. The molecule has 0 amide bonds. The van der Waals surface area contributed by atoms with Gasteiger partial charge in [-0.25, -0.2) is 8.42 Å². The number of benzene rings is 3. The quantitative estimate of drug-likeness (QED) is 0.455. The Hall–Kier alpha value is -2.95. The highest BCUT2D eigenvalue weighted by Crippen LogP contribution is 2.42. The lowest BCUT2D eigenvalue weighted by Crippen LogP contribution is -2.31. The summed E-state index contributed by atoms with van der Waals surface area (Å²) in [4.78, 5) is 0.353. The maximum Gasteiger partial charge on any atom is 0.243 e. The number of nitrogens with zero attached hydrogens (tertiary/aromatic N) is 1. The largest absolute Gasteiger partial charge is 0.243 e. The molecule has 0 aromatic heterocycles. The third-order valence-electron chi connectivity index (χ3n) is 6.12. The predicted octanol–water partition coefficient (Wildman–Crippen LogP) is 6.19. The third-order valence-corrected chi connectivity index (χ3v) is 7.93. The molecule has 1 saturated heterocycles. The lowest BCUT2D eigenvalue weighted by atomic mass is 9.80. The van der Waals surface area contributed by atoms with Crippen LogP contribution >= 0.6 is 0 Å². The van der Waals surface area contributed by atoms with Crippen molar-refractivity contribution in [3.05, 3.63) is 113 Å². The van der Waals surface area contributed by atoms with Gasteiger partial charge < -0.3 is 0 Å². The maximum atomic E-state index is 13.4. The topological polar surface area (TPSA) is 37.4 Å². The Morgan fingerprint density at radius 3 is 2.09 bits per heavy atom. The van der Waals surface area contributed by atoms with Gasteiger partial charge in [-0.15, -0.1) is 0 Å². The van der Waals surface area contributed by atoms with Crippen molar-refractivity contribution in [1.82, 2.24) is 4.31 Å². The van der Waals surface area contributed by atoms with Crippen LogP contribution in [0.25, 0.3) is 12.2 Å². The molecule has 3 aromatic carbocycles. The molecule has 1 unspecified atom stereocenters. The average molecular weight is 444 g/mol. The second-order valence-electron chi connectivity index (χ2n) is 8.74. The van der Waals surface area contributed by atoms with Crippen LogP contribution in [0.1, 0.15) is 30.0 Å². The Balaban J connectivity index is 1.65. The van der Waals surface area contributed by atoms with Crippen LogP contribution in [0, 0.1) is 12.3 Å². The van der Waals surface area contributed by atoms with Crippen LogP contribution in [0.3, 0.4) is 0 Å². The monoisotopic (exact) mass is 443 g/mol. The van der Waals surface area contributed by atoms with E-state index in [2.05, 4.69) is 49.4 Å². The van der Waals surface area contributed by atoms with E-state index in [1.54, 1.807) is 16.4 Å². The van der Waals surface area contributed by atoms with E-state index in [0.717, 1.165) is 28.7 Å². The number of hydrogen-bond donors (Lipinski definition) is 0. The first-order valence-electron chi connectivity index (χ1n) is 10.9. The van der Waals surface area contributed by atoms with E-state index in [4.69, 9.17) is 0 Å². The molecular weight excluding hydrogens is 414 g/mol. The number of rotatable bonds is 6. The van der Waals surface area contributed by atoms with Crippen LogP contribution in [0.4, 0.5) is 0 Å². The minimum absolute atomic E-state index is 0.279. The molecular formula is C28H29NO2S. The highest BCUT2D eigenvalue weighted by Gasteiger charge is 2.42. The second-order valence-corrected chi connectivity index (χ2v) is 10.7. The first kappa shape index (κ1) is 22.3. The molecule has 3 nitrogen and oxygen atoms in total. The van der Waals surface area contributed by atoms with Crippen molar-refractivity contribution in [3.8, 4) is 0 Å². The smallest absolute Gasteiger partial charge is 0.207 e. The van der Waals surface area contributed by atoms with Crippen LogP contribution < -0.4 is 0 Å². The summed E-state index contributed by atoms with van der Waals surface area (Å²) in [6.45, 7) is 4.99. The van der Waals surface area contributed by atoms with Crippen molar-refractivity contribution < 1.29 is 8.42 Å². The summed E-state index contributed by atoms with van der Waals surface area (Å²) in [6.07, 6.45) is 7.19. The molecule has 3 aromatic rings. The second kappa shape index (κ2) is 9.27. The van der Waals surface area contributed by atoms with Gasteiger partial charge in [0.25, 0.3) is 0 Å². The van der Waals surface area contributed by atoms with E-state index in [-0.39, 0.29) is 5.41 Å². The third kappa shape index (κ3) is 4.93. The van der Waals surface area contributed by atoms with Gasteiger partial charge in [0.05, 0.1) is 4.90 Å². The summed E-state index contributed by atoms with van der Waals surface area (Å²) < 4.78 is 28.4. The van der Waals surface area contributed by atoms with Gasteiger partial charge in [-0.3, -0.25) is 0 Å². The summed E-state index contributed by atoms with van der Waals surface area (Å²) in [5, 5.41) is 0. The van der Waals surface area contributed by atoms with Gasteiger partial charge in [0, 0.05) is 18.5 Å². The molecule has 1 aliphatic heterocycles. The van der Waals surface area contributed by atoms with Crippen molar-refractivity contribution in [1.29, 1.82) is 0 Å². The van der Waals surface area contributed by atoms with Crippen molar-refractivity contribution in [3.63, 3.8) is 0 Å². The van der Waals surface area contributed by atoms with Gasteiger partial charge in [-0.1, -0.05) is 104 Å². The number of hydrogen-bond acceptors (Lipinski definition) is 2. The highest BCUT2D eigenvalue weighted by molar-refractivity contribution is 7.89. The summed E-state index contributed by atoms with van der Waals surface area (Å²) in [5.41, 5.74) is 4.14. The van der Waals surface area contributed by atoms with Gasteiger partial charge in [-0.05, 0) is 42.2 Å². The first-order chi connectivity index (χ1) is 15.4. The normalized spacial score (nSPS) is 20.9. The fourth-order valence-electron chi connectivity index (χ4n) is 4.14. The molecule has 1 fully saturated rings. The number of allylic oxidation sites excluding steroid dienone is 1. The Morgan fingerprint density at radius 2 is 1.47 bits per heavy atom. The van der Waals surface area contributed by atoms with Gasteiger partial charge in [0.1, 0.15) is 0 Å². The van der Waals surface area contributed by atoms with E-state index < -0.39 is 10.0 Å². The van der Waals surface area contributed by atoms with Crippen LogP contribution in [-0.2, 0) is 10.0 Å². The van der Waals surface area contributed by atoms with E-state index >= 15 is 0 Å². The summed E-state index contributed by atoms with van der Waals surface area (Å²) in [6, 6.07) is 27.4. The van der Waals surface area contributed by atoms with E-state index in [1.165, 1.54) is 0 Å². The molecule has 0 N–H and O–H groups in total. The van der Waals surface area contributed by atoms with E-state index in [9.17, 15) is 8.42 Å². The van der Waals surface area contributed by atoms with Crippen LogP contribution in [0.5, 0.6) is 0 Å². The Labute approximate surface area is 191 Å². The standard InChI is InChI=1S/C28H29NO2S/c1-23-15-17-27(18-16-23)32(30,31)29-21-26(20-25-12-7-4-8-13-25)28(2,22-29)19-9-14-24-10-5-3-6-11-24/h3-18,20H,19,21-22H2,1-2H3/b14-9+,26-20-. The zero-order valence-electron chi connectivity index (χ0n) is 18.6. The zero-order valence-corrected chi connectivity index (χ0v) is 19.4. The molecule has 0 aliphatic carbocycles. The molecule has 0 bridgehead atoms. The molecule has 164 valence electrons. The van der Waals surface area contributed by atoms with Crippen molar-refractivity contribution in [2.75, 3.05) is 13.1 Å². The van der Waals surface area contributed by atoms with Gasteiger partial charge >= 0.3 is 0 Å². The molecule has 32 heavy (non-hydrogen) atoms. The van der Waals surface area contributed by atoms with E-state index in [0.29, 0.717) is 18.0 Å². The summed E-state index contributed by atoms with van der Waals surface area (Å²) in [5.74, 6) is 0. The summed E-state index contributed by atoms with van der Waals surface area (Å²) >= 11 is 0. The van der Waals surface area contributed by atoms with Crippen molar-refractivity contribution in [2.45, 2.75) is 25.2 Å². The van der Waals surface area contributed by atoms with Crippen molar-refractivity contribution in [2.24, 2.45) is 5.41 Å². The molecule has 1 heterocycles. The van der Waals surface area contributed by atoms with Crippen LogP contribution in [0.15, 0.2) is 101 Å². The maximum absolute atomic E-state index is 13.4. The minimum Gasteiger partial charge on any atom is -0.207 e. The molecule has 0 saturated carbocycles. The number of sulfonamides is 1. The van der Waals surface area contributed by atoms with Crippen LogP contribution in [0.2, 0.25) is 0 Å². The Bertz CT molecular complexity index is 1210. The lowest BCUT2D eigenvalue weighted by molar-refractivity contribution is 0.377. The first-order valence-corrected chi connectivity index (χ1v) is 12.4. The fourth-order valence-corrected chi connectivity index (χ4v) is 5.68. The Kier molecular flexibility index (Phi) is 6.45. The predicted molar refractivity (Wildman–Crippen MR) is 133 cm³/mol. The number of aryl methyl sites for hydroxylation is 1. The Morgan fingerprint density at radius 1 is 0.875 bits per heavy atom. The molecule has 4 heteroatoms. The average Bonchev–Trinajstić information content (AvgIpc) is 3.12. The molecule has 0 radical (unpaired) electrons. The molecule has 1 atom stereocenters. The minimum atomic E-state index is -3.56. The van der Waals surface area contributed by atoms with Gasteiger partial charge in [-0.2, -0.15) is 4.31 Å². The molecule has 4 rings (SSSR count). The zero-order chi connectivity index (χ0) is 22.6. The molecule has 1 aliphatic rings. The van der Waals surface area contributed by atoms with Gasteiger partial charge in [0.2, 0.25) is 10.0 Å². The highest BCUT2D eigenvalue weighted by atomic mass is 32.2. The fraction of sp³-hybridized carbons (Fsp3) is 0.214. The lowest BCUT2D eigenvalue weighted by Gasteiger charge is -2.24.